The minimum atomic E-state index is -0.629. The van der Waals surface area contributed by atoms with E-state index in [-0.39, 0.29) is 5.82 Å². The Hall–Kier alpha value is -0.710. The fourth-order valence-corrected chi connectivity index (χ4v) is 2.87. The molecule has 1 unspecified atom stereocenters. The molecular formula is C15H13Br2FO. The van der Waals surface area contributed by atoms with Crippen LogP contribution in [0.15, 0.2) is 45.3 Å². The van der Waals surface area contributed by atoms with Gasteiger partial charge in [0.1, 0.15) is 5.82 Å². The van der Waals surface area contributed by atoms with Crippen LogP contribution in [-0.2, 0) is 6.42 Å². The third kappa shape index (κ3) is 3.65. The van der Waals surface area contributed by atoms with E-state index < -0.39 is 6.10 Å². The standard InChI is InChI=1S/C15H13Br2FO/c1-9-6-12(18)4-2-10(9)7-15(19)13-8-11(16)3-5-14(13)17/h2-6,8,15,19H,7H2,1H3. The normalized spacial score (nSPS) is 12.5. The number of aliphatic hydroxyl groups is 1. The van der Waals surface area contributed by atoms with Gasteiger partial charge < -0.3 is 5.11 Å². The molecule has 100 valence electrons. The number of benzene rings is 2. The lowest BCUT2D eigenvalue weighted by molar-refractivity contribution is 0.177. The highest BCUT2D eigenvalue weighted by atomic mass is 79.9. The maximum Gasteiger partial charge on any atom is 0.123 e. The molecule has 0 aromatic heterocycles. The van der Waals surface area contributed by atoms with Gasteiger partial charge in [-0.25, -0.2) is 4.39 Å². The van der Waals surface area contributed by atoms with Crippen molar-refractivity contribution in [2.24, 2.45) is 0 Å². The molecule has 0 spiro atoms. The summed E-state index contributed by atoms with van der Waals surface area (Å²) in [4.78, 5) is 0. The number of halogens is 3. The molecule has 0 saturated carbocycles. The molecule has 0 heterocycles. The van der Waals surface area contributed by atoms with E-state index in [4.69, 9.17) is 0 Å². The Morgan fingerprint density at radius 2 is 1.89 bits per heavy atom. The summed E-state index contributed by atoms with van der Waals surface area (Å²) in [6.07, 6.45) is -0.169. The van der Waals surface area contributed by atoms with E-state index in [1.807, 2.05) is 25.1 Å². The zero-order valence-electron chi connectivity index (χ0n) is 10.3. The van der Waals surface area contributed by atoms with Crippen molar-refractivity contribution in [3.8, 4) is 0 Å². The molecule has 0 amide bonds. The molecule has 0 aliphatic carbocycles. The largest absolute Gasteiger partial charge is 0.388 e. The van der Waals surface area contributed by atoms with Gasteiger partial charge in [-0.3, -0.25) is 0 Å². The highest BCUT2D eigenvalue weighted by Gasteiger charge is 2.14. The van der Waals surface area contributed by atoms with Crippen LogP contribution in [0, 0.1) is 12.7 Å². The third-order valence-corrected chi connectivity index (χ3v) is 4.25. The lowest BCUT2D eigenvalue weighted by Crippen LogP contribution is -2.04. The summed E-state index contributed by atoms with van der Waals surface area (Å²) < 4.78 is 14.8. The van der Waals surface area contributed by atoms with E-state index in [2.05, 4.69) is 31.9 Å². The number of aliphatic hydroxyl groups excluding tert-OH is 1. The van der Waals surface area contributed by atoms with E-state index in [0.29, 0.717) is 6.42 Å². The zero-order chi connectivity index (χ0) is 14.0. The molecule has 0 fully saturated rings. The Labute approximate surface area is 128 Å². The molecular weight excluding hydrogens is 375 g/mol. The van der Waals surface area contributed by atoms with Crippen LogP contribution >= 0.6 is 31.9 Å². The minimum absolute atomic E-state index is 0.251. The van der Waals surface area contributed by atoms with E-state index in [9.17, 15) is 9.50 Å². The van der Waals surface area contributed by atoms with Gasteiger partial charge in [0.2, 0.25) is 0 Å². The molecule has 4 heteroatoms. The Bertz CT molecular complexity index is 599. The highest BCUT2D eigenvalue weighted by Crippen LogP contribution is 2.29. The first-order valence-corrected chi connectivity index (χ1v) is 7.44. The first kappa shape index (κ1) is 14.7. The van der Waals surface area contributed by atoms with Crippen molar-refractivity contribution in [2.45, 2.75) is 19.4 Å². The fraction of sp³-hybridized carbons (Fsp3) is 0.200. The topological polar surface area (TPSA) is 20.2 Å². The van der Waals surface area contributed by atoms with E-state index >= 15 is 0 Å². The number of hydrogen-bond donors (Lipinski definition) is 1. The molecule has 1 atom stereocenters. The predicted octanol–water partition coefficient (Wildman–Crippen LogP) is 4.94. The second-order valence-corrected chi connectivity index (χ2v) is 6.23. The van der Waals surface area contributed by atoms with Gasteiger partial charge in [-0.15, -0.1) is 0 Å². The van der Waals surface area contributed by atoms with E-state index in [1.54, 1.807) is 6.07 Å². The first-order chi connectivity index (χ1) is 8.97. The molecule has 0 aliphatic heterocycles. The minimum Gasteiger partial charge on any atom is -0.388 e. The Balaban J connectivity index is 2.25. The summed E-state index contributed by atoms with van der Waals surface area (Å²) in [5.74, 6) is -0.251. The lowest BCUT2D eigenvalue weighted by atomic mass is 9.98. The van der Waals surface area contributed by atoms with Crippen molar-refractivity contribution < 1.29 is 9.50 Å². The van der Waals surface area contributed by atoms with Crippen LogP contribution in [-0.4, -0.2) is 5.11 Å². The molecule has 2 aromatic carbocycles. The van der Waals surface area contributed by atoms with Gasteiger partial charge in [0.15, 0.2) is 0 Å². The molecule has 1 nitrogen and oxygen atoms in total. The summed E-state index contributed by atoms with van der Waals surface area (Å²) in [7, 11) is 0. The molecule has 0 aliphatic rings. The molecule has 0 saturated heterocycles. The van der Waals surface area contributed by atoms with Gasteiger partial charge in [-0.2, -0.15) is 0 Å². The van der Waals surface area contributed by atoms with Crippen LogP contribution in [0.3, 0.4) is 0 Å². The van der Waals surface area contributed by atoms with Crippen molar-refractivity contribution in [1.29, 1.82) is 0 Å². The number of hydrogen-bond acceptors (Lipinski definition) is 1. The van der Waals surface area contributed by atoms with Crippen LogP contribution in [0.5, 0.6) is 0 Å². The Kier molecular flexibility index (Phi) is 4.76. The number of aryl methyl sites for hydroxylation is 1. The second kappa shape index (κ2) is 6.16. The summed E-state index contributed by atoms with van der Waals surface area (Å²) in [6.45, 7) is 1.85. The Morgan fingerprint density at radius 3 is 2.58 bits per heavy atom. The quantitative estimate of drug-likeness (QED) is 0.791. The highest BCUT2D eigenvalue weighted by molar-refractivity contribution is 9.11. The summed E-state index contributed by atoms with van der Waals surface area (Å²) in [5, 5.41) is 10.3. The third-order valence-electron chi connectivity index (χ3n) is 3.03. The van der Waals surface area contributed by atoms with E-state index in [1.165, 1.54) is 12.1 Å². The summed E-state index contributed by atoms with van der Waals surface area (Å²) in [6, 6.07) is 10.3. The molecule has 1 N–H and O–H groups in total. The molecule has 2 aromatic rings. The van der Waals surface area contributed by atoms with Crippen LogP contribution in [0.2, 0.25) is 0 Å². The van der Waals surface area contributed by atoms with Gasteiger partial charge in [0.25, 0.3) is 0 Å². The lowest BCUT2D eigenvalue weighted by Gasteiger charge is -2.15. The van der Waals surface area contributed by atoms with Crippen molar-refractivity contribution in [3.63, 3.8) is 0 Å². The van der Waals surface area contributed by atoms with Crippen LogP contribution in [0.1, 0.15) is 22.8 Å². The van der Waals surface area contributed by atoms with Gasteiger partial charge in [0.05, 0.1) is 6.10 Å². The van der Waals surface area contributed by atoms with E-state index in [0.717, 1.165) is 25.6 Å². The predicted molar refractivity (Wildman–Crippen MR) is 81.6 cm³/mol. The first-order valence-electron chi connectivity index (χ1n) is 5.85. The van der Waals surface area contributed by atoms with Gasteiger partial charge >= 0.3 is 0 Å². The summed E-state index contributed by atoms with van der Waals surface area (Å²) >= 11 is 6.83. The van der Waals surface area contributed by atoms with Crippen molar-refractivity contribution in [1.82, 2.24) is 0 Å². The zero-order valence-corrected chi connectivity index (χ0v) is 13.5. The average Bonchev–Trinajstić information content (AvgIpc) is 2.35. The molecule has 19 heavy (non-hydrogen) atoms. The Morgan fingerprint density at radius 1 is 1.16 bits per heavy atom. The summed E-state index contributed by atoms with van der Waals surface area (Å²) in [5.41, 5.74) is 2.61. The van der Waals surface area contributed by atoms with Gasteiger partial charge in [-0.1, -0.05) is 37.9 Å². The van der Waals surface area contributed by atoms with Crippen LogP contribution in [0.25, 0.3) is 0 Å². The smallest absolute Gasteiger partial charge is 0.123 e. The van der Waals surface area contributed by atoms with Crippen LogP contribution in [0.4, 0.5) is 4.39 Å². The fourth-order valence-electron chi connectivity index (χ4n) is 1.98. The molecule has 0 radical (unpaired) electrons. The second-order valence-electron chi connectivity index (χ2n) is 4.46. The average molecular weight is 388 g/mol. The van der Waals surface area contributed by atoms with Gasteiger partial charge in [0, 0.05) is 15.4 Å². The number of rotatable bonds is 3. The maximum absolute atomic E-state index is 13.0. The molecule has 0 bridgehead atoms. The maximum atomic E-state index is 13.0. The van der Waals surface area contributed by atoms with Gasteiger partial charge in [-0.05, 0) is 53.9 Å². The van der Waals surface area contributed by atoms with Crippen molar-refractivity contribution in [3.05, 3.63) is 67.9 Å². The van der Waals surface area contributed by atoms with Crippen molar-refractivity contribution >= 4 is 31.9 Å². The van der Waals surface area contributed by atoms with Crippen LogP contribution < -0.4 is 0 Å². The SMILES string of the molecule is Cc1cc(F)ccc1CC(O)c1cc(Br)ccc1Br. The molecule has 2 rings (SSSR count). The van der Waals surface area contributed by atoms with Crippen molar-refractivity contribution in [2.75, 3.05) is 0 Å². The monoisotopic (exact) mass is 386 g/mol.